The second-order valence-corrected chi connectivity index (χ2v) is 7.42. The SMILES string of the molecule is CCc1ccc(OCC(=O)NC23CCC(NC(=O)O)(CC2)[C@@H](O)C3)cc1. The van der Waals surface area contributed by atoms with Crippen LogP contribution in [-0.4, -0.2) is 46.0 Å². The highest BCUT2D eigenvalue weighted by molar-refractivity contribution is 5.78. The number of aliphatic hydroxyl groups excluding tert-OH is 1. The number of carbonyl (C=O) groups excluding carboxylic acids is 1. The highest BCUT2D eigenvalue weighted by Gasteiger charge is 2.55. The predicted molar refractivity (Wildman–Crippen MR) is 95.2 cm³/mol. The largest absolute Gasteiger partial charge is 0.484 e. The summed E-state index contributed by atoms with van der Waals surface area (Å²) in [4.78, 5) is 23.3. The van der Waals surface area contributed by atoms with Gasteiger partial charge in [0, 0.05) is 5.54 Å². The minimum Gasteiger partial charge on any atom is -0.484 e. The van der Waals surface area contributed by atoms with E-state index in [-0.39, 0.29) is 12.5 Å². The van der Waals surface area contributed by atoms with Crippen molar-refractivity contribution in [1.29, 1.82) is 0 Å². The summed E-state index contributed by atoms with van der Waals surface area (Å²) < 4.78 is 5.55. The third kappa shape index (κ3) is 3.77. The Labute approximate surface area is 152 Å². The fourth-order valence-corrected chi connectivity index (χ4v) is 4.18. The second-order valence-electron chi connectivity index (χ2n) is 7.42. The van der Waals surface area contributed by atoms with Crippen molar-refractivity contribution >= 4 is 12.0 Å². The van der Waals surface area contributed by atoms with Crippen LogP contribution in [0.4, 0.5) is 4.79 Å². The number of carbonyl (C=O) groups is 2. The number of ether oxygens (including phenoxy) is 1. The van der Waals surface area contributed by atoms with E-state index in [9.17, 15) is 14.7 Å². The maximum atomic E-state index is 12.3. The number of nitrogens with one attached hydrogen (secondary N) is 2. The minimum absolute atomic E-state index is 0.0815. The summed E-state index contributed by atoms with van der Waals surface area (Å²) in [6, 6.07) is 7.64. The Bertz CT molecular complexity index is 665. The van der Waals surface area contributed by atoms with Crippen LogP contribution in [0, 0.1) is 0 Å². The molecule has 7 nitrogen and oxygen atoms in total. The first-order valence-electron chi connectivity index (χ1n) is 9.08. The molecule has 2 bridgehead atoms. The summed E-state index contributed by atoms with van der Waals surface area (Å²) in [7, 11) is 0. The summed E-state index contributed by atoms with van der Waals surface area (Å²) in [6.45, 7) is 1.99. The fourth-order valence-electron chi connectivity index (χ4n) is 4.18. The van der Waals surface area contributed by atoms with E-state index in [1.165, 1.54) is 5.56 Å². The van der Waals surface area contributed by atoms with E-state index in [4.69, 9.17) is 9.84 Å². The molecule has 7 heteroatoms. The maximum Gasteiger partial charge on any atom is 0.405 e. The van der Waals surface area contributed by atoms with Gasteiger partial charge in [-0.15, -0.1) is 0 Å². The van der Waals surface area contributed by atoms with Crippen LogP contribution in [0.1, 0.15) is 44.6 Å². The average Bonchev–Trinajstić information content (AvgIpc) is 2.61. The van der Waals surface area contributed by atoms with Crippen molar-refractivity contribution in [1.82, 2.24) is 10.6 Å². The molecule has 1 atom stereocenters. The van der Waals surface area contributed by atoms with Gasteiger partial charge in [0.1, 0.15) is 5.75 Å². The second kappa shape index (κ2) is 7.15. The molecule has 142 valence electrons. The Kier molecular flexibility index (Phi) is 5.09. The summed E-state index contributed by atoms with van der Waals surface area (Å²) in [5.74, 6) is 0.421. The average molecular weight is 362 g/mol. The molecule has 26 heavy (non-hydrogen) atoms. The van der Waals surface area contributed by atoms with Crippen LogP contribution < -0.4 is 15.4 Å². The summed E-state index contributed by atoms with van der Waals surface area (Å²) in [6.07, 6.45) is 1.69. The van der Waals surface area contributed by atoms with Crippen LogP contribution in [0.3, 0.4) is 0 Å². The zero-order valence-electron chi connectivity index (χ0n) is 15.0. The third-order valence-electron chi connectivity index (χ3n) is 5.78. The van der Waals surface area contributed by atoms with Crippen LogP contribution in [0.15, 0.2) is 24.3 Å². The molecule has 1 aromatic carbocycles. The minimum atomic E-state index is -1.12. The van der Waals surface area contributed by atoms with Gasteiger partial charge in [-0.1, -0.05) is 19.1 Å². The van der Waals surface area contributed by atoms with E-state index < -0.39 is 23.3 Å². The van der Waals surface area contributed by atoms with Crippen LogP contribution in [0.25, 0.3) is 0 Å². The molecule has 0 heterocycles. The molecule has 2 amide bonds. The number of amides is 2. The lowest BCUT2D eigenvalue weighted by molar-refractivity contribution is -0.129. The van der Waals surface area contributed by atoms with Gasteiger partial charge in [-0.3, -0.25) is 4.79 Å². The van der Waals surface area contributed by atoms with E-state index in [2.05, 4.69) is 17.6 Å². The van der Waals surface area contributed by atoms with Crippen molar-refractivity contribution in [2.24, 2.45) is 0 Å². The van der Waals surface area contributed by atoms with Crippen molar-refractivity contribution < 1.29 is 24.5 Å². The van der Waals surface area contributed by atoms with Crippen molar-refractivity contribution in [3.63, 3.8) is 0 Å². The van der Waals surface area contributed by atoms with Gasteiger partial charge in [0.2, 0.25) is 0 Å². The Morgan fingerprint density at radius 2 is 1.81 bits per heavy atom. The Morgan fingerprint density at radius 1 is 1.15 bits per heavy atom. The normalized spacial score (nSPS) is 29.8. The van der Waals surface area contributed by atoms with Gasteiger partial charge in [0.25, 0.3) is 5.91 Å². The molecule has 0 spiro atoms. The standard InChI is InChI=1S/C19H26N2O5/c1-2-13-3-5-14(6-4-13)26-12-16(23)20-18-7-9-19(10-8-18,15(22)11-18)21-17(24)25/h3-6,15,21-22H,2,7-12H2,1H3,(H,20,23)(H,24,25)/t15-,18?,19?/m0/s1. The van der Waals surface area contributed by atoms with Gasteiger partial charge in [-0.25, -0.2) is 4.79 Å². The lowest BCUT2D eigenvalue weighted by Crippen LogP contribution is -2.70. The van der Waals surface area contributed by atoms with E-state index in [0.29, 0.717) is 37.9 Å². The summed E-state index contributed by atoms with van der Waals surface area (Å²) in [5.41, 5.74) is -0.0542. The van der Waals surface area contributed by atoms with Gasteiger partial charge in [0.05, 0.1) is 11.6 Å². The molecular formula is C19H26N2O5. The molecular weight excluding hydrogens is 336 g/mol. The summed E-state index contributed by atoms with van der Waals surface area (Å²) in [5, 5.41) is 24.9. The number of fused-ring (bicyclic) bond motifs is 3. The van der Waals surface area contributed by atoms with Crippen LogP contribution in [0.2, 0.25) is 0 Å². The molecule has 0 aliphatic heterocycles. The van der Waals surface area contributed by atoms with Gasteiger partial charge in [0.15, 0.2) is 6.61 Å². The highest BCUT2D eigenvalue weighted by atomic mass is 16.5. The molecule has 3 saturated carbocycles. The molecule has 4 rings (SSSR count). The van der Waals surface area contributed by atoms with E-state index in [1.807, 2.05) is 24.3 Å². The number of rotatable bonds is 6. The zero-order chi connectivity index (χ0) is 18.8. The molecule has 4 N–H and O–H groups in total. The van der Waals surface area contributed by atoms with Crippen LogP contribution in [-0.2, 0) is 11.2 Å². The van der Waals surface area contributed by atoms with Crippen molar-refractivity contribution in [2.45, 2.75) is 62.6 Å². The van der Waals surface area contributed by atoms with Crippen LogP contribution in [0.5, 0.6) is 5.75 Å². The highest BCUT2D eigenvalue weighted by Crippen LogP contribution is 2.47. The topological polar surface area (TPSA) is 108 Å². The molecule has 3 fully saturated rings. The number of hydrogen-bond donors (Lipinski definition) is 4. The molecule has 0 saturated heterocycles. The molecule has 0 radical (unpaired) electrons. The molecule has 0 aromatic heterocycles. The lowest BCUT2D eigenvalue weighted by atomic mass is 9.60. The Hall–Kier alpha value is -2.28. The molecule has 3 aliphatic rings. The van der Waals surface area contributed by atoms with Crippen molar-refractivity contribution in [3.05, 3.63) is 29.8 Å². The van der Waals surface area contributed by atoms with Gasteiger partial charge in [-0.05, 0) is 56.2 Å². The lowest BCUT2D eigenvalue weighted by Gasteiger charge is -2.55. The predicted octanol–water partition coefficient (Wildman–Crippen LogP) is 1.83. The van der Waals surface area contributed by atoms with Gasteiger partial charge < -0.3 is 25.6 Å². The number of hydrogen-bond acceptors (Lipinski definition) is 4. The Balaban J connectivity index is 1.54. The van der Waals surface area contributed by atoms with Crippen molar-refractivity contribution in [2.75, 3.05) is 6.61 Å². The monoisotopic (exact) mass is 362 g/mol. The molecule has 3 aliphatic carbocycles. The first kappa shape index (κ1) is 18.5. The van der Waals surface area contributed by atoms with Crippen molar-refractivity contribution in [3.8, 4) is 5.75 Å². The number of carboxylic acid groups (broad SMARTS) is 1. The van der Waals surface area contributed by atoms with E-state index in [0.717, 1.165) is 6.42 Å². The van der Waals surface area contributed by atoms with Gasteiger partial charge >= 0.3 is 6.09 Å². The summed E-state index contributed by atoms with van der Waals surface area (Å²) >= 11 is 0. The first-order valence-corrected chi connectivity index (χ1v) is 9.08. The zero-order valence-corrected chi connectivity index (χ0v) is 15.0. The number of aryl methyl sites for hydroxylation is 1. The number of aliphatic hydroxyl groups is 1. The maximum absolute atomic E-state index is 12.3. The number of benzene rings is 1. The van der Waals surface area contributed by atoms with Crippen LogP contribution >= 0.6 is 0 Å². The molecule has 1 aromatic rings. The fraction of sp³-hybridized carbons (Fsp3) is 0.579. The third-order valence-corrected chi connectivity index (χ3v) is 5.78. The van der Waals surface area contributed by atoms with E-state index >= 15 is 0 Å². The Morgan fingerprint density at radius 3 is 2.35 bits per heavy atom. The quantitative estimate of drug-likeness (QED) is 0.617. The smallest absolute Gasteiger partial charge is 0.405 e. The van der Waals surface area contributed by atoms with E-state index in [1.54, 1.807) is 0 Å². The molecule has 0 unspecified atom stereocenters. The van der Waals surface area contributed by atoms with Gasteiger partial charge in [-0.2, -0.15) is 0 Å². The first-order chi connectivity index (χ1) is 12.4.